The molecule has 4 aromatic rings. The number of rotatable bonds is 7. The highest BCUT2D eigenvalue weighted by Gasteiger charge is 2.41. The Morgan fingerprint density at radius 2 is 1.87 bits per heavy atom. The maximum atomic E-state index is 14.1. The fourth-order valence-corrected chi connectivity index (χ4v) is 5.72. The molecule has 39 heavy (non-hydrogen) atoms. The van der Waals surface area contributed by atoms with Crippen LogP contribution in [0.1, 0.15) is 52.3 Å². The third-order valence-electron chi connectivity index (χ3n) is 7.30. The maximum absolute atomic E-state index is 14.1. The third kappa shape index (κ3) is 5.43. The van der Waals surface area contributed by atoms with Crippen molar-refractivity contribution in [2.24, 2.45) is 0 Å². The van der Waals surface area contributed by atoms with Crippen molar-refractivity contribution in [2.45, 2.75) is 46.2 Å². The number of anilines is 1. The Hall–Kier alpha value is -4.04. The van der Waals surface area contributed by atoms with Crippen LogP contribution in [0.15, 0.2) is 72.9 Å². The number of carbonyl (C=O) groups excluding carboxylic acids is 1. The smallest absolute Gasteiger partial charge is 0.226 e. The van der Waals surface area contributed by atoms with E-state index in [1.807, 2.05) is 70.2 Å². The molecule has 1 fully saturated rings. The molecular formula is C31H32FN5OS. The molecule has 2 atom stereocenters. The average Bonchev–Trinajstić information content (AvgIpc) is 3.39. The fraction of sp³-hybridized carbons (Fsp3) is 0.258. The lowest BCUT2D eigenvalue weighted by Crippen LogP contribution is -2.33. The van der Waals surface area contributed by atoms with Gasteiger partial charge in [0.05, 0.1) is 17.8 Å². The van der Waals surface area contributed by atoms with E-state index in [1.54, 1.807) is 12.3 Å². The minimum Gasteiger partial charge on any atom is -0.352 e. The number of hydrogen-bond acceptors (Lipinski definition) is 3. The number of hydrogen-bond donors (Lipinski definition) is 2. The SMILES string of the molecule is Cc1ccc(C)c(NC(=O)CCN2C(=S)N[C@@H](c3ccccn3)[C@@H]2c2cc(C)n(-c3cccc(F)c3)c2C)c1. The molecule has 1 amide bonds. The number of aryl methyl sites for hydroxylation is 3. The second-order valence-corrected chi connectivity index (χ2v) is 10.5. The molecule has 2 aromatic carbocycles. The van der Waals surface area contributed by atoms with E-state index in [-0.39, 0.29) is 30.2 Å². The van der Waals surface area contributed by atoms with Crippen LogP contribution in [0.2, 0.25) is 0 Å². The summed E-state index contributed by atoms with van der Waals surface area (Å²) in [5, 5.41) is 7.09. The molecule has 0 unspecified atom stereocenters. The number of amides is 1. The summed E-state index contributed by atoms with van der Waals surface area (Å²) in [6.07, 6.45) is 2.04. The van der Waals surface area contributed by atoms with Gasteiger partial charge in [0.2, 0.25) is 5.91 Å². The first-order valence-corrected chi connectivity index (χ1v) is 13.4. The van der Waals surface area contributed by atoms with Gasteiger partial charge in [-0.25, -0.2) is 4.39 Å². The molecule has 0 aliphatic carbocycles. The van der Waals surface area contributed by atoms with Gasteiger partial charge in [-0.15, -0.1) is 0 Å². The summed E-state index contributed by atoms with van der Waals surface area (Å²) in [5.41, 5.74) is 7.58. The van der Waals surface area contributed by atoms with Crippen molar-refractivity contribution in [1.82, 2.24) is 19.8 Å². The molecule has 2 N–H and O–H groups in total. The molecule has 3 heterocycles. The highest BCUT2D eigenvalue weighted by Crippen LogP contribution is 2.41. The second kappa shape index (κ2) is 11.0. The summed E-state index contributed by atoms with van der Waals surface area (Å²) in [7, 11) is 0. The third-order valence-corrected chi connectivity index (χ3v) is 7.65. The van der Waals surface area contributed by atoms with Crippen LogP contribution in [-0.4, -0.2) is 32.0 Å². The van der Waals surface area contributed by atoms with E-state index in [9.17, 15) is 9.18 Å². The molecular weight excluding hydrogens is 509 g/mol. The van der Waals surface area contributed by atoms with Crippen LogP contribution in [0.3, 0.4) is 0 Å². The van der Waals surface area contributed by atoms with E-state index >= 15 is 0 Å². The first-order valence-electron chi connectivity index (χ1n) is 13.0. The number of thiocarbonyl (C=S) groups is 1. The van der Waals surface area contributed by atoms with Crippen LogP contribution >= 0.6 is 12.2 Å². The van der Waals surface area contributed by atoms with E-state index in [0.29, 0.717) is 11.7 Å². The van der Waals surface area contributed by atoms with Gasteiger partial charge < -0.3 is 20.1 Å². The van der Waals surface area contributed by atoms with Crippen LogP contribution in [0.4, 0.5) is 10.1 Å². The van der Waals surface area contributed by atoms with E-state index in [2.05, 4.69) is 31.2 Å². The minimum atomic E-state index is -0.284. The standard InChI is InChI=1S/C31H32FN5OS/c1-19-11-12-20(2)27(16-19)34-28(38)13-15-36-30(29(35-31(36)39)26-10-5-6-14-33-26)25-17-21(3)37(22(25)4)24-9-7-8-23(32)18-24/h5-12,14,16-18,29-30H,13,15H2,1-4H3,(H,34,38)(H,35,39)/t29-,30-/m0/s1. The summed E-state index contributed by atoms with van der Waals surface area (Å²) in [6.45, 7) is 8.47. The van der Waals surface area contributed by atoms with E-state index < -0.39 is 0 Å². The molecule has 1 aliphatic heterocycles. The van der Waals surface area contributed by atoms with Gasteiger partial charge in [0, 0.05) is 41.9 Å². The number of pyridine rings is 1. The quantitative estimate of drug-likeness (QED) is 0.271. The van der Waals surface area contributed by atoms with Gasteiger partial charge in [0.15, 0.2) is 5.11 Å². The van der Waals surface area contributed by atoms with E-state index in [1.165, 1.54) is 12.1 Å². The second-order valence-electron chi connectivity index (χ2n) is 10.1. The average molecular weight is 542 g/mol. The molecule has 5 rings (SSSR count). The topological polar surface area (TPSA) is 62.2 Å². The van der Waals surface area contributed by atoms with Gasteiger partial charge in [-0.2, -0.15) is 0 Å². The van der Waals surface area contributed by atoms with Crippen molar-refractivity contribution in [1.29, 1.82) is 0 Å². The van der Waals surface area contributed by atoms with E-state index in [4.69, 9.17) is 12.2 Å². The lowest BCUT2D eigenvalue weighted by Gasteiger charge is -2.28. The first-order chi connectivity index (χ1) is 18.7. The highest BCUT2D eigenvalue weighted by molar-refractivity contribution is 7.80. The molecule has 2 aromatic heterocycles. The van der Waals surface area contributed by atoms with Gasteiger partial charge in [-0.3, -0.25) is 9.78 Å². The van der Waals surface area contributed by atoms with Gasteiger partial charge in [-0.05, 0) is 99.1 Å². The zero-order chi connectivity index (χ0) is 27.7. The fourth-order valence-electron chi connectivity index (χ4n) is 5.39. The summed E-state index contributed by atoms with van der Waals surface area (Å²) in [6, 6.07) is 20.2. The molecule has 1 saturated heterocycles. The summed E-state index contributed by atoms with van der Waals surface area (Å²) in [4.78, 5) is 19.7. The Kier molecular flexibility index (Phi) is 7.48. The summed E-state index contributed by atoms with van der Waals surface area (Å²) < 4.78 is 16.2. The molecule has 1 aliphatic rings. The molecule has 6 nitrogen and oxygen atoms in total. The minimum absolute atomic E-state index is 0.0724. The zero-order valence-corrected chi connectivity index (χ0v) is 23.3. The van der Waals surface area contributed by atoms with Crippen LogP contribution in [0, 0.1) is 33.5 Å². The maximum Gasteiger partial charge on any atom is 0.226 e. The van der Waals surface area contributed by atoms with Crippen LogP contribution in [0.25, 0.3) is 5.69 Å². The lowest BCUT2D eigenvalue weighted by atomic mass is 9.96. The van der Waals surface area contributed by atoms with Crippen molar-refractivity contribution in [2.75, 3.05) is 11.9 Å². The van der Waals surface area contributed by atoms with Gasteiger partial charge >= 0.3 is 0 Å². The molecule has 0 spiro atoms. The highest BCUT2D eigenvalue weighted by atomic mass is 32.1. The monoisotopic (exact) mass is 541 g/mol. The summed E-state index contributed by atoms with van der Waals surface area (Å²) >= 11 is 5.81. The van der Waals surface area contributed by atoms with Crippen molar-refractivity contribution in [3.05, 3.63) is 113 Å². The summed E-state index contributed by atoms with van der Waals surface area (Å²) in [5.74, 6) is -0.357. The van der Waals surface area contributed by atoms with Crippen molar-refractivity contribution in [3.8, 4) is 5.69 Å². The number of carbonyl (C=O) groups is 1. The number of aromatic nitrogens is 2. The Morgan fingerprint density at radius 3 is 2.62 bits per heavy atom. The Balaban J connectivity index is 1.47. The Morgan fingerprint density at radius 1 is 1.05 bits per heavy atom. The van der Waals surface area contributed by atoms with Crippen molar-refractivity contribution >= 4 is 28.9 Å². The van der Waals surface area contributed by atoms with E-state index in [0.717, 1.165) is 45.1 Å². The van der Waals surface area contributed by atoms with Gasteiger partial charge in [0.25, 0.3) is 0 Å². The molecule has 200 valence electrons. The lowest BCUT2D eigenvalue weighted by molar-refractivity contribution is -0.116. The van der Waals surface area contributed by atoms with Crippen LogP contribution in [0.5, 0.6) is 0 Å². The molecule has 0 radical (unpaired) electrons. The number of halogens is 1. The normalized spacial score (nSPS) is 16.8. The largest absolute Gasteiger partial charge is 0.352 e. The Labute approximate surface area is 233 Å². The predicted octanol–water partition coefficient (Wildman–Crippen LogP) is 6.25. The molecule has 8 heteroatoms. The Bertz CT molecular complexity index is 1530. The number of nitrogens with zero attached hydrogens (tertiary/aromatic N) is 3. The van der Waals surface area contributed by atoms with Crippen LogP contribution in [-0.2, 0) is 4.79 Å². The first kappa shape index (κ1) is 26.6. The van der Waals surface area contributed by atoms with Gasteiger partial charge in [-0.1, -0.05) is 24.3 Å². The van der Waals surface area contributed by atoms with Crippen LogP contribution < -0.4 is 10.6 Å². The number of benzene rings is 2. The van der Waals surface area contributed by atoms with Crippen molar-refractivity contribution in [3.63, 3.8) is 0 Å². The predicted molar refractivity (Wildman–Crippen MR) is 157 cm³/mol. The molecule has 0 bridgehead atoms. The zero-order valence-electron chi connectivity index (χ0n) is 22.5. The van der Waals surface area contributed by atoms with Gasteiger partial charge in [0.1, 0.15) is 5.82 Å². The molecule has 0 saturated carbocycles. The van der Waals surface area contributed by atoms with Crippen molar-refractivity contribution < 1.29 is 9.18 Å². The number of nitrogens with one attached hydrogen (secondary N) is 2.